The summed E-state index contributed by atoms with van der Waals surface area (Å²) < 4.78 is 22.5. The van der Waals surface area contributed by atoms with E-state index in [4.69, 9.17) is 14.9 Å². The molecule has 1 aromatic carbocycles. The van der Waals surface area contributed by atoms with Gasteiger partial charge in [0.2, 0.25) is 0 Å². The first-order valence-electron chi connectivity index (χ1n) is 5.22. The second kappa shape index (κ2) is 6.62. The number of rotatable bonds is 6. The van der Waals surface area contributed by atoms with Gasteiger partial charge < -0.3 is 14.9 Å². The summed E-state index contributed by atoms with van der Waals surface area (Å²) in [7, 11) is 0. The summed E-state index contributed by atoms with van der Waals surface area (Å²) in [4.78, 5) is 11.0. The molecule has 0 aliphatic heterocycles. The molecular weight excluding hydrogens is 225 g/mol. The minimum Gasteiger partial charge on any atom is -0.488 e. The van der Waals surface area contributed by atoms with Crippen LogP contribution in [0.1, 0.15) is 13.3 Å². The minimum atomic E-state index is -0.444. The molecule has 0 atom stereocenters. The van der Waals surface area contributed by atoms with Gasteiger partial charge in [0.05, 0.1) is 18.7 Å². The van der Waals surface area contributed by atoms with Crippen LogP contribution in [-0.2, 0) is 9.53 Å². The van der Waals surface area contributed by atoms with Gasteiger partial charge in [-0.05, 0) is 31.2 Å². The molecule has 0 aliphatic carbocycles. The SMILES string of the molecule is CCOC(=O)CC(=N)COc1ccc(F)cc1. The van der Waals surface area contributed by atoms with Crippen LogP contribution >= 0.6 is 0 Å². The van der Waals surface area contributed by atoms with Crippen molar-refractivity contribution in [1.29, 1.82) is 5.41 Å². The minimum absolute atomic E-state index is 0.00948. The molecule has 92 valence electrons. The number of carbonyl (C=O) groups excluding carboxylic acids is 1. The first kappa shape index (κ1) is 13.2. The number of benzene rings is 1. The second-order valence-corrected chi connectivity index (χ2v) is 3.33. The van der Waals surface area contributed by atoms with Crippen molar-refractivity contribution in [1.82, 2.24) is 0 Å². The first-order valence-corrected chi connectivity index (χ1v) is 5.22. The van der Waals surface area contributed by atoms with Gasteiger partial charge in [0.15, 0.2) is 0 Å². The molecular formula is C12H14FNO3. The van der Waals surface area contributed by atoms with Gasteiger partial charge in [-0.15, -0.1) is 0 Å². The molecule has 0 amide bonds. The van der Waals surface area contributed by atoms with Crippen LogP contribution in [0, 0.1) is 11.2 Å². The van der Waals surface area contributed by atoms with Crippen LogP contribution < -0.4 is 4.74 Å². The number of esters is 1. The van der Waals surface area contributed by atoms with E-state index in [1.807, 2.05) is 0 Å². The normalized spacial score (nSPS) is 9.76. The lowest BCUT2D eigenvalue weighted by Gasteiger charge is -2.07. The Morgan fingerprint density at radius 3 is 2.59 bits per heavy atom. The van der Waals surface area contributed by atoms with Crippen molar-refractivity contribution in [2.24, 2.45) is 0 Å². The van der Waals surface area contributed by atoms with Crippen molar-refractivity contribution in [2.45, 2.75) is 13.3 Å². The summed E-state index contributed by atoms with van der Waals surface area (Å²) in [5, 5.41) is 7.49. The fraction of sp³-hybridized carbons (Fsp3) is 0.333. The molecule has 0 bridgehead atoms. The third-order valence-electron chi connectivity index (χ3n) is 1.89. The summed E-state index contributed by atoms with van der Waals surface area (Å²) in [5.41, 5.74) is 0.118. The molecule has 0 saturated heterocycles. The molecule has 0 fully saturated rings. The molecule has 0 unspecified atom stereocenters. The van der Waals surface area contributed by atoms with Gasteiger partial charge in [-0.3, -0.25) is 4.79 Å². The quantitative estimate of drug-likeness (QED) is 0.611. The first-order chi connectivity index (χ1) is 8.11. The summed E-state index contributed by atoms with van der Waals surface area (Å²) in [6.45, 7) is 1.99. The Morgan fingerprint density at radius 2 is 2.00 bits per heavy atom. The Hall–Kier alpha value is -1.91. The number of carbonyl (C=O) groups is 1. The van der Waals surface area contributed by atoms with Crippen LogP contribution in [0.4, 0.5) is 4.39 Å². The molecule has 1 rings (SSSR count). The van der Waals surface area contributed by atoms with Crippen molar-refractivity contribution in [3.8, 4) is 5.75 Å². The van der Waals surface area contributed by atoms with E-state index in [2.05, 4.69) is 0 Å². The maximum atomic E-state index is 12.6. The van der Waals surface area contributed by atoms with Gasteiger partial charge in [0.25, 0.3) is 0 Å². The summed E-state index contributed by atoms with van der Waals surface area (Å²) in [6.07, 6.45) is -0.0883. The Morgan fingerprint density at radius 1 is 1.35 bits per heavy atom. The molecule has 0 radical (unpaired) electrons. The van der Waals surface area contributed by atoms with Crippen molar-refractivity contribution < 1.29 is 18.7 Å². The van der Waals surface area contributed by atoms with Crippen LogP contribution in [0.2, 0.25) is 0 Å². The summed E-state index contributed by atoms with van der Waals surface area (Å²) in [5.74, 6) is -0.334. The maximum Gasteiger partial charge on any atom is 0.311 e. The van der Waals surface area contributed by atoms with Crippen LogP contribution in [0.15, 0.2) is 24.3 Å². The molecule has 1 N–H and O–H groups in total. The monoisotopic (exact) mass is 239 g/mol. The van der Waals surface area contributed by atoms with E-state index in [1.54, 1.807) is 6.92 Å². The van der Waals surface area contributed by atoms with Gasteiger partial charge in [-0.25, -0.2) is 4.39 Å². The highest BCUT2D eigenvalue weighted by Gasteiger charge is 2.07. The van der Waals surface area contributed by atoms with Crippen molar-refractivity contribution in [3.63, 3.8) is 0 Å². The number of hydrogen-bond acceptors (Lipinski definition) is 4. The Bertz CT molecular complexity index is 389. The molecule has 17 heavy (non-hydrogen) atoms. The number of halogens is 1. The Labute approximate surface area is 98.9 Å². The summed E-state index contributed by atoms with van der Waals surface area (Å²) in [6, 6.07) is 5.47. The lowest BCUT2D eigenvalue weighted by atomic mass is 10.3. The fourth-order valence-corrected chi connectivity index (χ4v) is 1.14. The standard InChI is InChI=1S/C12H14FNO3/c1-2-16-12(15)7-10(14)8-17-11-5-3-9(13)4-6-11/h3-6,14H,2,7-8H2,1H3. The van der Waals surface area contributed by atoms with Crippen molar-refractivity contribution >= 4 is 11.7 Å². The number of hydrogen-bond donors (Lipinski definition) is 1. The van der Waals surface area contributed by atoms with Gasteiger partial charge in [0, 0.05) is 0 Å². The van der Waals surface area contributed by atoms with Gasteiger partial charge >= 0.3 is 5.97 Å². The van der Waals surface area contributed by atoms with Gasteiger partial charge in [-0.2, -0.15) is 0 Å². The zero-order valence-electron chi connectivity index (χ0n) is 9.53. The van der Waals surface area contributed by atoms with E-state index < -0.39 is 5.97 Å². The fourth-order valence-electron chi connectivity index (χ4n) is 1.14. The predicted octanol–water partition coefficient (Wildman–Crippen LogP) is 2.18. The third kappa shape index (κ3) is 5.10. The highest BCUT2D eigenvalue weighted by molar-refractivity contribution is 5.98. The summed E-state index contributed by atoms with van der Waals surface area (Å²) >= 11 is 0. The second-order valence-electron chi connectivity index (χ2n) is 3.33. The van der Waals surface area contributed by atoms with Crippen LogP contribution in [0.3, 0.4) is 0 Å². The Balaban J connectivity index is 2.33. The van der Waals surface area contributed by atoms with Crippen LogP contribution in [-0.4, -0.2) is 24.9 Å². The van der Waals surface area contributed by atoms with Gasteiger partial charge in [-0.1, -0.05) is 0 Å². The average molecular weight is 239 g/mol. The molecule has 1 aromatic rings. The maximum absolute atomic E-state index is 12.6. The largest absolute Gasteiger partial charge is 0.488 e. The topological polar surface area (TPSA) is 59.4 Å². The van der Waals surface area contributed by atoms with E-state index in [9.17, 15) is 9.18 Å². The number of nitrogens with one attached hydrogen (secondary N) is 1. The molecule has 5 heteroatoms. The van der Waals surface area contributed by atoms with Crippen LogP contribution in [0.5, 0.6) is 5.75 Å². The molecule has 0 aliphatic rings. The van der Waals surface area contributed by atoms with Crippen molar-refractivity contribution in [3.05, 3.63) is 30.1 Å². The van der Waals surface area contributed by atoms with Crippen molar-refractivity contribution in [2.75, 3.05) is 13.2 Å². The molecule has 4 nitrogen and oxygen atoms in total. The lowest BCUT2D eigenvalue weighted by Crippen LogP contribution is -2.16. The van der Waals surface area contributed by atoms with Gasteiger partial charge in [0.1, 0.15) is 18.2 Å². The molecule has 0 aromatic heterocycles. The Kier molecular flexibility index (Phi) is 5.13. The average Bonchev–Trinajstić information content (AvgIpc) is 2.28. The zero-order valence-corrected chi connectivity index (χ0v) is 9.53. The van der Waals surface area contributed by atoms with Crippen LogP contribution in [0.25, 0.3) is 0 Å². The molecule has 0 heterocycles. The van der Waals surface area contributed by atoms with E-state index in [0.717, 1.165) is 0 Å². The predicted molar refractivity (Wildman–Crippen MR) is 60.9 cm³/mol. The smallest absolute Gasteiger partial charge is 0.311 e. The lowest BCUT2D eigenvalue weighted by molar-refractivity contribution is -0.141. The zero-order chi connectivity index (χ0) is 12.7. The van der Waals surface area contributed by atoms with E-state index >= 15 is 0 Å². The molecule has 0 saturated carbocycles. The number of ether oxygens (including phenoxy) is 2. The van der Waals surface area contributed by atoms with E-state index in [-0.39, 0.29) is 24.6 Å². The van der Waals surface area contributed by atoms with E-state index in [1.165, 1.54) is 24.3 Å². The highest BCUT2D eigenvalue weighted by Crippen LogP contribution is 2.11. The van der Waals surface area contributed by atoms with E-state index in [0.29, 0.717) is 12.4 Å². The highest BCUT2D eigenvalue weighted by atomic mass is 19.1. The molecule has 0 spiro atoms. The third-order valence-corrected chi connectivity index (χ3v) is 1.89.